The minimum absolute atomic E-state index is 0.206. The Morgan fingerprint density at radius 2 is 2.11 bits per heavy atom. The monoisotopic (exact) mass is 263 g/mol. The summed E-state index contributed by atoms with van der Waals surface area (Å²) in [7, 11) is 0. The molecule has 1 aliphatic rings. The number of piperazine rings is 1. The second-order valence-electron chi connectivity index (χ2n) is 4.97. The molecule has 1 N–H and O–H groups in total. The van der Waals surface area contributed by atoms with Gasteiger partial charge in [0.15, 0.2) is 0 Å². The molecular weight excluding hydrogens is 242 g/mol. The Labute approximate surface area is 113 Å². The fourth-order valence-corrected chi connectivity index (χ4v) is 2.66. The van der Waals surface area contributed by atoms with E-state index in [0.29, 0.717) is 12.1 Å². The van der Waals surface area contributed by atoms with E-state index in [1.165, 1.54) is 0 Å². The summed E-state index contributed by atoms with van der Waals surface area (Å²) < 4.78 is 0. The Hall–Kier alpha value is -1.62. The minimum Gasteiger partial charge on any atom is -0.360 e. The highest BCUT2D eigenvalue weighted by molar-refractivity contribution is 5.64. The average Bonchev–Trinajstić information content (AvgIpc) is 2.46. The first-order valence-corrected chi connectivity index (χ1v) is 6.90. The van der Waals surface area contributed by atoms with Gasteiger partial charge in [-0.05, 0) is 18.9 Å². The van der Waals surface area contributed by atoms with Gasteiger partial charge in [0.1, 0.15) is 5.69 Å². The fraction of sp³-hybridized carbons (Fsp3) is 0.571. The van der Waals surface area contributed by atoms with Crippen molar-refractivity contribution in [2.75, 3.05) is 18.0 Å². The number of nitrogens with one attached hydrogen (secondary N) is 1. The molecule has 0 saturated carbocycles. The molecule has 19 heavy (non-hydrogen) atoms. The number of rotatable bonds is 4. The summed E-state index contributed by atoms with van der Waals surface area (Å²) in [6.07, 6.45) is 2.02. The molecule has 2 atom stereocenters. The highest BCUT2D eigenvalue weighted by Gasteiger charge is 2.29. The van der Waals surface area contributed by atoms with Crippen LogP contribution in [0.5, 0.6) is 0 Å². The lowest BCUT2D eigenvalue weighted by molar-refractivity contribution is -0.384. The number of nitro benzene ring substituents is 1. The molecule has 0 bridgehead atoms. The predicted octanol–water partition coefficient (Wildman–Crippen LogP) is 2.56. The van der Waals surface area contributed by atoms with Crippen molar-refractivity contribution in [3.63, 3.8) is 0 Å². The van der Waals surface area contributed by atoms with E-state index < -0.39 is 0 Å². The van der Waals surface area contributed by atoms with Crippen molar-refractivity contribution >= 4 is 11.4 Å². The van der Waals surface area contributed by atoms with Gasteiger partial charge in [0.2, 0.25) is 0 Å². The average molecular weight is 263 g/mol. The second-order valence-corrected chi connectivity index (χ2v) is 4.97. The number of nitro groups is 1. The molecule has 0 amide bonds. The zero-order chi connectivity index (χ0) is 13.8. The van der Waals surface area contributed by atoms with Gasteiger partial charge >= 0.3 is 0 Å². The van der Waals surface area contributed by atoms with Gasteiger partial charge in [0.05, 0.1) is 4.92 Å². The molecule has 5 nitrogen and oxygen atoms in total. The summed E-state index contributed by atoms with van der Waals surface area (Å²) >= 11 is 0. The van der Waals surface area contributed by atoms with E-state index in [9.17, 15) is 10.1 Å². The zero-order valence-electron chi connectivity index (χ0n) is 11.5. The molecule has 1 fully saturated rings. The van der Waals surface area contributed by atoms with Crippen molar-refractivity contribution < 1.29 is 4.92 Å². The Kier molecular flexibility index (Phi) is 4.37. The van der Waals surface area contributed by atoms with Crippen LogP contribution in [0.3, 0.4) is 0 Å². The summed E-state index contributed by atoms with van der Waals surface area (Å²) in [4.78, 5) is 13.1. The van der Waals surface area contributed by atoms with Gasteiger partial charge in [-0.1, -0.05) is 26.0 Å². The van der Waals surface area contributed by atoms with Gasteiger partial charge in [-0.15, -0.1) is 0 Å². The lowest BCUT2D eigenvalue weighted by atomic mass is 10.0. The van der Waals surface area contributed by atoms with Gasteiger partial charge < -0.3 is 10.2 Å². The van der Waals surface area contributed by atoms with Crippen LogP contribution < -0.4 is 10.2 Å². The SMILES string of the molecule is CCC1CN(c2ccccc2[N+](=O)[O-])C(CC)CN1. The van der Waals surface area contributed by atoms with Crippen LogP contribution in [0.4, 0.5) is 11.4 Å². The third-order valence-corrected chi connectivity index (χ3v) is 3.85. The summed E-state index contributed by atoms with van der Waals surface area (Å²) in [5.41, 5.74) is 0.956. The van der Waals surface area contributed by atoms with Crippen molar-refractivity contribution in [1.29, 1.82) is 0 Å². The van der Waals surface area contributed by atoms with Crippen LogP contribution in [0.1, 0.15) is 26.7 Å². The van der Waals surface area contributed by atoms with E-state index in [-0.39, 0.29) is 10.6 Å². The van der Waals surface area contributed by atoms with E-state index in [1.807, 2.05) is 12.1 Å². The largest absolute Gasteiger partial charge is 0.360 e. The highest BCUT2D eigenvalue weighted by atomic mass is 16.6. The number of anilines is 1. The molecule has 0 aromatic heterocycles. The maximum Gasteiger partial charge on any atom is 0.292 e. The van der Waals surface area contributed by atoms with E-state index in [0.717, 1.165) is 31.6 Å². The van der Waals surface area contributed by atoms with Crippen LogP contribution in [0.15, 0.2) is 24.3 Å². The van der Waals surface area contributed by atoms with Gasteiger partial charge in [-0.25, -0.2) is 0 Å². The molecule has 5 heteroatoms. The molecule has 2 unspecified atom stereocenters. The maximum absolute atomic E-state index is 11.2. The van der Waals surface area contributed by atoms with E-state index in [4.69, 9.17) is 0 Å². The highest BCUT2D eigenvalue weighted by Crippen LogP contribution is 2.31. The summed E-state index contributed by atoms with van der Waals surface area (Å²) in [5.74, 6) is 0. The van der Waals surface area contributed by atoms with E-state index in [2.05, 4.69) is 24.1 Å². The van der Waals surface area contributed by atoms with Gasteiger partial charge in [-0.3, -0.25) is 10.1 Å². The molecule has 0 spiro atoms. The molecule has 0 radical (unpaired) electrons. The Morgan fingerprint density at radius 3 is 2.74 bits per heavy atom. The third-order valence-electron chi connectivity index (χ3n) is 3.85. The van der Waals surface area contributed by atoms with Crippen molar-refractivity contribution in [3.8, 4) is 0 Å². The van der Waals surface area contributed by atoms with Crippen LogP contribution in [-0.4, -0.2) is 30.1 Å². The Balaban J connectivity index is 2.33. The zero-order valence-corrected chi connectivity index (χ0v) is 11.5. The van der Waals surface area contributed by atoms with Crippen LogP contribution in [0, 0.1) is 10.1 Å². The first-order chi connectivity index (χ1) is 9.17. The van der Waals surface area contributed by atoms with Crippen LogP contribution in [0.25, 0.3) is 0 Å². The smallest absolute Gasteiger partial charge is 0.292 e. The number of hydrogen-bond donors (Lipinski definition) is 1. The molecule has 0 aliphatic carbocycles. The van der Waals surface area contributed by atoms with E-state index in [1.54, 1.807) is 12.1 Å². The molecule has 1 heterocycles. The molecule has 1 aromatic rings. The van der Waals surface area contributed by atoms with Gasteiger partial charge in [-0.2, -0.15) is 0 Å². The summed E-state index contributed by atoms with van der Waals surface area (Å²) in [6, 6.07) is 7.77. The lowest BCUT2D eigenvalue weighted by Crippen LogP contribution is -2.56. The number of benzene rings is 1. The normalized spacial score (nSPS) is 23.4. The topological polar surface area (TPSA) is 58.4 Å². The molecular formula is C14H21N3O2. The molecule has 1 saturated heterocycles. The van der Waals surface area contributed by atoms with Crippen molar-refractivity contribution in [1.82, 2.24) is 5.32 Å². The predicted molar refractivity (Wildman–Crippen MR) is 76.6 cm³/mol. The van der Waals surface area contributed by atoms with Crippen molar-refractivity contribution in [2.24, 2.45) is 0 Å². The molecule has 104 valence electrons. The van der Waals surface area contributed by atoms with E-state index >= 15 is 0 Å². The number of hydrogen-bond acceptors (Lipinski definition) is 4. The second kappa shape index (κ2) is 6.02. The van der Waals surface area contributed by atoms with Crippen LogP contribution >= 0.6 is 0 Å². The van der Waals surface area contributed by atoms with Gasteiger partial charge in [0, 0.05) is 31.2 Å². The number of nitrogens with zero attached hydrogens (tertiary/aromatic N) is 2. The van der Waals surface area contributed by atoms with Crippen LogP contribution in [-0.2, 0) is 0 Å². The lowest BCUT2D eigenvalue weighted by Gasteiger charge is -2.41. The maximum atomic E-state index is 11.2. The quantitative estimate of drug-likeness (QED) is 0.670. The number of para-hydroxylation sites is 2. The molecule has 1 aliphatic heterocycles. The standard InChI is InChI=1S/C14H21N3O2/c1-3-11-10-16(12(4-2)9-15-11)13-7-5-6-8-14(13)17(18)19/h5-8,11-12,15H,3-4,9-10H2,1-2H3. The van der Waals surface area contributed by atoms with Gasteiger partial charge in [0.25, 0.3) is 5.69 Å². The van der Waals surface area contributed by atoms with Crippen molar-refractivity contribution in [2.45, 2.75) is 38.8 Å². The van der Waals surface area contributed by atoms with Crippen LogP contribution in [0.2, 0.25) is 0 Å². The fourth-order valence-electron chi connectivity index (χ4n) is 2.66. The Morgan fingerprint density at radius 1 is 1.37 bits per heavy atom. The first kappa shape index (κ1) is 13.8. The summed E-state index contributed by atoms with van der Waals surface area (Å²) in [6.45, 7) is 5.99. The molecule has 1 aromatic carbocycles. The third kappa shape index (κ3) is 2.87. The summed E-state index contributed by atoms with van der Waals surface area (Å²) in [5, 5.41) is 14.7. The first-order valence-electron chi connectivity index (χ1n) is 6.90. The molecule has 2 rings (SSSR count). The minimum atomic E-state index is -0.287. The van der Waals surface area contributed by atoms with Crippen molar-refractivity contribution in [3.05, 3.63) is 34.4 Å². The Bertz CT molecular complexity index is 450.